The number of amides is 1. The lowest BCUT2D eigenvalue weighted by atomic mass is 9.89. The van der Waals surface area contributed by atoms with E-state index in [2.05, 4.69) is 5.32 Å². The van der Waals surface area contributed by atoms with Gasteiger partial charge >= 0.3 is 5.97 Å². The van der Waals surface area contributed by atoms with E-state index < -0.39 is 29.3 Å². The van der Waals surface area contributed by atoms with Crippen LogP contribution in [-0.4, -0.2) is 22.6 Å². The number of hydrogen-bond donors (Lipinski definition) is 2. The number of benzene rings is 1. The smallest absolute Gasteiger partial charge is 0.339 e. The predicted molar refractivity (Wildman–Crippen MR) is 91.0 cm³/mol. The van der Waals surface area contributed by atoms with Crippen LogP contribution in [0, 0.1) is 5.82 Å². The molecule has 0 bridgehead atoms. The first-order chi connectivity index (χ1) is 12.2. The Morgan fingerprint density at radius 1 is 1.35 bits per heavy atom. The molecule has 2 N–H and O–H groups in total. The van der Waals surface area contributed by atoms with Crippen LogP contribution in [-0.2, 0) is 6.42 Å². The van der Waals surface area contributed by atoms with Gasteiger partial charge in [0.25, 0.3) is 5.91 Å². The molecule has 0 saturated heterocycles. The average Bonchev–Trinajstić information content (AvgIpc) is 2.98. The summed E-state index contributed by atoms with van der Waals surface area (Å²) in [6, 6.07) is 4.99. The predicted octanol–water partition coefficient (Wildman–Crippen LogP) is 3.71. The Balaban J connectivity index is 1.89. The SMILES string of the molecule is CCc1oc(C(=O)NC2CC(C)(C)Oc3cc(F)ccc32)cc1C(=O)O. The Morgan fingerprint density at radius 2 is 2.08 bits per heavy atom. The Bertz CT molecular complexity index is 871. The number of carbonyl (C=O) groups excluding carboxylic acids is 1. The fraction of sp³-hybridized carbons (Fsp3) is 0.368. The highest BCUT2D eigenvalue weighted by atomic mass is 19.1. The Kier molecular flexibility index (Phi) is 4.48. The van der Waals surface area contributed by atoms with Gasteiger partial charge in [-0.2, -0.15) is 0 Å². The van der Waals surface area contributed by atoms with E-state index in [0.29, 0.717) is 24.2 Å². The van der Waals surface area contributed by atoms with Crippen molar-refractivity contribution in [1.82, 2.24) is 5.32 Å². The fourth-order valence-corrected chi connectivity index (χ4v) is 3.17. The van der Waals surface area contributed by atoms with Crippen LogP contribution in [0.5, 0.6) is 5.75 Å². The fourth-order valence-electron chi connectivity index (χ4n) is 3.17. The molecule has 0 fully saturated rings. The lowest BCUT2D eigenvalue weighted by molar-refractivity contribution is 0.0606. The molecule has 3 rings (SSSR count). The number of hydrogen-bond acceptors (Lipinski definition) is 4. The molecule has 0 spiro atoms. The van der Waals surface area contributed by atoms with Crippen LogP contribution in [0.25, 0.3) is 0 Å². The second kappa shape index (κ2) is 6.48. The highest BCUT2D eigenvalue weighted by Gasteiger charge is 2.35. The van der Waals surface area contributed by atoms with Crippen LogP contribution in [0.3, 0.4) is 0 Å². The number of rotatable bonds is 4. The molecule has 6 nitrogen and oxygen atoms in total. The van der Waals surface area contributed by atoms with E-state index >= 15 is 0 Å². The average molecular weight is 361 g/mol. The van der Waals surface area contributed by atoms with Gasteiger partial charge in [-0.3, -0.25) is 4.79 Å². The summed E-state index contributed by atoms with van der Waals surface area (Å²) in [4.78, 5) is 23.8. The van der Waals surface area contributed by atoms with Crippen molar-refractivity contribution >= 4 is 11.9 Å². The summed E-state index contributed by atoms with van der Waals surface area (Å²) in [5, 5.41) is 12.0. The number of carbonyl (C=O) groups is 2. The van der Waals surface area contributed by atoms with Gasteiger partial charge in [-0.05, 0) is 19.9 Å². The van der Waals surface area contributed by atoms with E-state index in [0.717, 1.165) is 0 Å². The van der Waals surface area contributed by atoms with Gasteiger partial charge < -0.3 is 19.6 Å². The quantitative estimate of drug-likeness (QED) is 0.867. The largest absolute Gasteiger partial charge is 0.487 e. The number of carboxylic acids is 1. The second-order valence-electron chi connectivity index (χ2n) is 6.88. The number of aryl methyl sites for hydroxylation is 1. The zero-order valence-corrected chi connectivity index (χ0v) is 14.8. The molecular formula is C19H20FNO5. The summed E-state index contributed by atoms with van der Waals surface area (Å²) in [6.07, 6.45) is 0.839. The van der Waals surface area contributed by atoms with Gasteiger partial charge in [0.05, 0.1) is 6.04 Å². The third-order valence-electron chi connectivity index (χ3n) is 4.32. The van der Waals surface area contributed by atoms with Gasteiger partial charge in [0, 0.05) is 30.5 Å². The van der Waals surface area contributed by atoms with E-state index in [9.17, 15) is 19.1 Å². The lowest BCUT2D eigenvalue weighted by Crippen LogP contribution is -2.41. The number of nitrogens with one attached hydrogen (secondary N) is 1. The number of aromatic carboxylic acids is 1. The standard InChI is InChI=1S/C19H20FNO5/c1-4-14-12(18(23)24)8-16(25-14)17(22)21-13-9-19(2,3)26-15-7-10(20)5-6-11(13)15/h5-8,13H,4,9H2,1-3H3,(H,21,22)(H,23,24). The maximum Gasteiger partial charge on any atom is 0.339 e. The molecule has 0 aliphatic carbocycles. The number of halogens is 1. The van der Waals surface area contributed by atoms with Gasteiger partial charge in [-0.25, -0.2) is 9.18 Å². The molecule has 1 aromatic carbocycles. The molecule has 7 heteroatoms. The monoisotopic (exact) mass is 361 g/mol. The molecule has 0 saturated carbocycles. The maximum absolute atomic E-state index is 13.5. The first kappa shape index (κ1) is 18.0. The lowest BCUT2D eigenvalue weighted by Gasteiger charge is -2.37. The Hall–Kier alpha value is -2.83. The first-order valence-electron chi connectivity index (χ1n) is 8.35. The molecule has 138 valence electrons. The summed E-state index contributed by atoms with van der Waals surface area (Å²) in [6.45, 7) is 5.45. The molecule has 1 unspecified atom stereocenters. The van der Waals surface area contributed by atoms with Gasteiger partial charge in [-0.1, -0.05) is 13.0 Å². The summed E-state index contributed by atoms with van der Waals surface area (Å²) in [5.41, 5.74) is 0.0510. The molecule has 1 aliphatic heterocycles. The van der Waals surface area contributed by atoms with Gasteiger partial charge in [0.2, 0.25) is 0 Å². The summed E-state index contributed by atoms with van der Waals surface area (Å²) >= 11 is 0. The molecule has 26 heavy (non-hydrogen) atoms. The van der Waals surface area contributed by atoms with E-state index in [4.69, 9.17) is 9.15 Å². The van der Waals surface area contributed by atoms with E-state index in [1.54, 1.807) is 13.0 Å². The van der Waals surface area contributed by atoms with Gasteiger partial charge in [0.15, 0.2) is 5.76 Å². The minimum Gasteiger partial charge on any atom is -0.487 e. The zero-order valence-electron chi connectivity index (χ0n) is 14.8. The van der Waals surface area contributed by atoms with Gasteiger partial charge in [-0.15, -0.1) is 0 Å². The maximum atomic E-state index is 13.5. The zero-order chi connectivity index (χ0) is 19.1. The van der Waals surface area contributed by atoms with Crippen molar-refractivity contribution in [2.24, 2.45) is 0 Å². The van der Waals surface area contributed by atoms with Crippen LogP contribution < -0.4 is 10.1 Å². The van der Waals surface area contributed by atoms with Crippen molar-refractivity contribution in [3.8, 4) is 5.75 Å². The second-order valence-corrected chi connectivity index (χ2v) is 6.88. The number of carboxylic acid groups (broad SMARTS) is 1. The highest BCUT2D eigenvalue weighted by Crippen LogP contribution is 2.40. The van der Waals surface area contributed by atoms with Crippen LogP contribution in [0.15, 0.2) is 28.7 Å². The van der Waals surface area contributed by atoms with Crippen molar-refractivity contribution in [3.63, 3.8) is 0 Å². The van der Waals surface area contributed by atoms with Crippen molar-refractivity contribution < 1.29 is 28.2 Å². The first-order valence-corrected chi connectivity index (χ1v) is 8.35. The number of fused-ring (bicyclic) bond motifs is 1. The Morgan fingerprint density at radius 3 is 2.69 bits per heavy atom. The minimum atomic E-state index is -1.14. The topological polar surface area (TPSA) is 88.8 Å². The summed E-state index contributed by atoms with van der Waals surface area (Å²) in [7, 11) is 0. The van der Waals surface area contributed by atoms with Crippen LogP contribution in [0.2, 0.25) is 0 Å². The van der Waals surface area contributed by atoms with Crippen molar-refractivity contribution in [2.75, 3.05) is 0 Å². The van der Waals surface area contributed by atoms with Crippen LogP contribution in [0.4, 0.5) is 4.39 Å². The molecule has 2 aromatic rings. The normalized spacial score (nSPS) is 17.9. The molecule has 1 aromatic heterocycles. The molecule has 1 atom stereocenters. The molecule has 2 heterocycles. The minimum absolute atomic E-state index is 0.0209. The third kappa shape index (κ3) is 3.42. The molecule has 0 radical (unpaired) electrons. The number of furan rings is 1. The van der Waals surface area contributed by atoms with Crippen molar-refractivity contribution in [1.29, 1.82) is 0 Å². The van der Waals surface area contributed by atoms with E-state index in [1.807, 2.05) is 13.8 Å². The highest BCUT2D eigenvalue weighted by molar-refractivity contribution is 5.96. The summed E-state index contributed by atoms with van der Waals surface area (Å²) < 4.78 is 24.7. The van der Waals surface area contributed by atoms with Crippen molar-refractivity contribution in [2.45, 2.75) is 45.3 Å². The molecule has 1 amide bonds. The van der Waals surface area contributed by atoms with E-state index in [1.165, 1.54) is 18.2 Å². The van der Waals surface area contributed by atoms with E-state index in [-0.39, 0.29) is 17.1 Å². The Labute approximate surface area is 150 Å². The van der Waals surface area contributed by atoms with Gasteiger partial charge in [0.1, 0.15) is 28.5 Å². The van der Waals surface area contributed by atoms with Crippen LogP contribution >= 0.6 is 0 Å². The third-order valence-corrected chi connectivity index (χ3v) is 4.32. The van der Waals surface area contributed by atoms with Crippen LogP contribution in [0.1, 0.15) is 65.5 Å². The molecule has 1 aliphatic rings. The number of ether oxygens (including phenoxy) is 1. The summed E-state index contributed by atoms with van der Waals surface area (Å²) in [5.74, 6) is -1.52. The van der Waals surface area contributed by atoms with Crippen molar-refractivity contribution in [3.05, 3.63) is 52.7 Å². The molecular weight excluding hydrogens is 341 g/mol.